The van der Waals surface area contributed by atoms with Crippen LogP contribution in [0.3, 0.4) is 0 Å². The fraction of sp³-hybridized carbons (Fsp3) is 0.375. The van der Waals surface area contributed by atoms with Gasteiger partial charge in [0.15, 0.2) is 0 Å². The van der Waals surface area contributed by atoms with E-state index in [1.165, 1.54) is 19.5 Å². The van der Waals surface area contributed by atoms with E-state index in [1.54, 1.807) is 0 Å². The molecule has 15 heavy (non-hydrogen) atoms. The minimum atomic E-state index is -0.831. The quantitative estimate of drug-likeness (QED) is 0.786. The topological polar surface area (TPSA) is 87.3 Å². The van der Waals surface area contributed by atoms with Crippen molar-refractivity contribution in [1.82, 2.24) is 9.97 Å². The van der Waals surface area contributed by atoms with Gasteiger partial charge < -0.3 is 15.2 Å². The van der Waals surface area contributed by atoms with Gasteiger partial charge in [0.2, 0.25) is 0 Å². The first kappa shape index (κ1) is 11.9. The molecule has 0 radical (unpaired) electrons. The maximum atomic E-state index is 10.9. The van der Waals surface area contributed by atoms with Crippen molar-refractivity contribution in [2.45, 2.75) is 6.04 Å². The molecule has 1 rings (SSSR count). The lowest BCUT2D eigenvalue weighted by Crippen LogP contribution is -2.37. The third kappa shape index (κ3) is 3.80. The molecule has 1 aromatic rings. The Balaban J connectivity index is 2.43. The van der Waals surface area contributed by atoms with Crippen molar-refractivity contribution in [3.05, 3.63) is 16.9 Å². The number of hydrogen-bond acceptors (Lipinski definition) is 6. The predicted octanol–water partition coefficient (Wildman–Crippen LogP) is 0.118. The molecule has 0 saturated carbocycles. The normalized spacial score (nSPS) is 11.9. The van der Waals surface area contributed by atoms with Crippen LogP contribution in [0.2, 0.25) is 0 Å². The van der Waals surface area contributed by atoms with Crippen molar-refractivity contribution in [3.8, 4) is 6.01 Å². The van der Waals surface area contributed by atoms with Gasteiger partial charge in [-0.15, -0.1) is 0 Å². The monoisotopic (exact) mass is 275 g/mol. The van der Waals surface area contributed by atoms with Gasteiger partial charge >= 0.3 is 12.0 Å². The Bertz CT molecular complexity index is 330. The van der Waals surface area contributed by atoms with Crippen LogP contribution in [0.25, 0.3) is 0 Å². The molecule has 0 amide bonds. The third-order valence-electron chi connectivity index (χ3n) is 1.49. The number of methoxy groups -OCH3 is 1. The first-order chi connectivity index (χ1) is 7.13. The summed E-state index contributed by atoms with van der Waals surface area (Å²) in [5.41, 5.74) is 5.44. The molecule has 0 spiro atoms. The summed E-state index contributed by atoms with van der Waals surface area (Å²) < 4.78 is 10.2. The first-order valence-corrected chi connectivity index (χ1v) is 4.86. The smallest absolute Gasteiger partial charge is 0.326 e. The zero-order chi connectivity index (χ0) is 11.3. The maximum absolute atomic E-state index is 10.9. The van der Waals surface area contributed by atoms with E-state index in [9.17, 15) is 4.79 Å². The second-order valence-electron chi connectivity index (χ2n) is 2.62. The van der Waals surface area contributed by atoms with E-state index in [4.69, 9.17) is 10.5 Å². The molecule has 7 heteroatoms. The molecule has 82 valence electrons. The molecular weight excluding hydrogens is 266 g/mol. The number of rotatable bonds is 4. The van der Waals surface area contributed by atoms with Gasteiger partial charge in [0.1, 0.15) is 12.6 Å². The number of carbonyl (C=O) groups is 1. The highest BCUT2D eigenvalue weighted by Gasteiger charge is 2.14. The molecular formula is C8H10BrN3O3. The fourth-order valence-electron chi connectivity index (χ4n) is 0.759. The maximum Gasteiger partial charge on any atom is 0.326 e. The molecule has 0 aliphatic rings. The van der Waals surface area contributed by atoms with Crippen LogP contribution < -0.4 is 10.5 Å². The minimum Gasteiger partial charge on any atom is -0.468 e. The van der Waals surface area contributed by atoms with Crippen LogP contribution in [-0.2, 0) is 9.53 Å². The summed E-state index contributed by atoms with van der Waals surface area (Å²) in [6, 6.07) is -0.667. The Labute approximate surface area is 94.9 Å². The summed E-state index contributed by atoms with van der Waals surface area (Å²) in [5, 5.41) is 0. The number of halogens is 1. The Kier molecular flexibility index (Phi) is 4.44. The number of nitrogens with zero attached hydrogens (tertiary/aromatic N) is 2. The lowest BCUT2D eigenvalue weighted by molar-refractivity contribution is -0.142. The third-order valence-corrected chi connectivity index (χ3v) is 1.90. The van der Waals surface area contributed by atoms with Crippen LogP contribution in [0.4, 0.5) is 0 Å². The molecule has 1 heterocycles. The number of esters is 1. The standard InChI is InChI=1S/C8H10BrN3O3/c1-14-7(13)6(10)4-15-8-11-2-5(9)3-12-8/h2-3,6H,4,10H2,1H3. The molecule has 0 aliphatic heterocycles. The summed E-state index contributed by atoms with van der Waals surface area (Å²) in [7, 11) is 1.26. The molecule has 2 N–H and O–H groups in total. The van der Waals surface area contributed by atoms with Crippen LogP contribution in [0, 0.1) is 0 Å². The van der Waals surface area contributed by atoms with E-state index in [1.807, 2.05) is 0 Å². The van der Waals surface area contributed by atoms with Gasteiger partial charge in [0.05, 0.1) is 11.6 Å². The van der Waals surface area contributed by atoms with Crippen molar-refractivity contribution in [2.24, 2.45) is 5.73 Å². The largest absolute Gasteiger partial charge is 0.468 e. The molecule has 0 aromatic carbocycles. The zero-order valence-electron chi connectivity index (χ0n) is 8.01. The Morgan fingerprint density at radius 2 is 2.20 bits per heavy atom. The molecule has 1 atom stereocenters. The Morgan fingerprint density at radius 1 is 1.60 bits per heavy atom. The van der Waals surface area contributed by atoms with Gasteiger partial charge in [-0.05, 0) is 15.9 Å². The van der Waals surface area contributed by atoms with Crippen molar-refractivity contribution in [3.63, 3.8) is 0 Å². The summed E-state index contributed by atoms with van der Waals surface area (Å²) in [6.45, 7) is -0.0195. The van der Waals surface area contributed by atoms with Crippen molar-refractivity contribution in [1.29, 1.82) is 0 Å². The molecule has 1 unspecified atom stereocenters. The molecule has 0 saturated heterocycles. The lowest BCUT2D eigenvalue weighted by atomic mass is 10.3. The molecule has 0 fully saturated rings. The van der Waals surface area contributed by atoms with E-state index in [0.717, 1.165) is 4.47 Å². The highest BCUT2D eigenvalue weighted by atomic mass is 79.9. The average molecular weight is 276 g/mol. The second-order valence-corrected chi connectivity index (χ2v) is 3.54. The minimum absolute atomic E-state index is 0.0195. The van der Waals surface area contributed by atoms with Gasteiger partial charge in [-0.3, -0.25) is 4.79 Å². The van der Waals surface area contributed by atoms with Gasteiger partial charge in [-0.2, -0.15) is 0 Å². The SMILES string of the molecule is COC(=O)C(N)COc1ncc(Br)cn1. The van der Waals surface area contributed by atoms with Crippen molar-refractivity contribution in [2.75, 3.05) is 13.7 Å². The average Bonchev–Trinajstić information content (AvgIpc) is 2.26. The van der Waals surface area contributed by atoms with Gasteiger partial charge in [-0.25, -0.2) is 9.97 Å². The number of carbonyl (C=O) groups excluding carboxylic acids is 1. The molecule has 6 nitrogen and oxygen atoms in total. The van der Waals surface area contributed by atoms with Crippen LogP contribution >= 0.6 is 15.9 Å². The number of ether oxygens (including phenoxy) is 2. The zero-order valence-corrected chi connectivity index (χ0v) is 9.60. The van der Waals surface area contributed by atoms with E-state index >= 15 is 0 Å². The predicted molar refractivity (Wildman–Crippen MR) is 55.2 cm³/mol. The van der Waals surface area contributed by atoms with Crippen LogP contribution in [-0.4, -0.2) is 35.7 Å². The summed E-state index contributed by atoms with van der Waals surface area (Å²) in [6.07, 6.45) is 3.07. The van der Waals surface area contributed by atoms with Gasteiger partial charge in [-0.1, -0.05) is 0 Å². The van der Waals surface area contributed by atoms with Crippen LogP contribution in [0.5, 0.6) is 6.01 Å². The lowest BCUT2D eigenvalue weighted by Gasteiger charge is -2.09. The highest BCUT2D eigenvalue weighted by Crippen LogP contribution is 2.08. The molecule has 0 bridgehead atoms. The van der Waals surface area contributed by atoms with Crippen LogP contribution in [0.1, 0.15) is 0 Å². The van der Waals surface area contributed by atoms with Crippen LogP contribution in [0.15, 0.2) is 16.9 Å². The van der Waals surface area contributed by atoms with Crippen molar-refractivity contribution < 1.29 is 14.3 Å². The number of hydrogen-bond donors (Lipinski definition) is 1. The van der Waals surface area contributed by atoms with Gasteiger partial charge in [0.25, 0.3) is 0 Å². The van der Waals surface area contributed by atoms with E-state index in [2.05, 4.69) is 30.6 Å². The number of nitrogens with two attached hydrogens (primary N) is 1. The fourth-order valence-corrected chi connectivity index (χ4v) is 0.963. The second kappa shape index (κ2) is 5.62. The van der Waals surface area contributed by atoms with Crippen molar-refractivity contribution >= 4 is 21.9 Å². The summed E-state index contributed by atoms with van der Waals surface area (Å²) in [5.74, 6) is -0.535. The highest BCUT2D eigenvalue weighted by molar-refractivity contribution is 9.10. The molecule has 0 aliphatic carbocycles. The Morgan fingerprint density at radius 3 is 2.73 bits per heavy atom. The first-order valence-electron chi connectivity index (χ1n) is 4.07. The van der Waals surface area contributed by atoms with E-state index in [-0.39, 0.29) is 12.6 Å². The van der Waals surface area contributed by atoms with E-state index < -0.39 is 12.0 Å². The van der Waals surface area contributed by atoms with Gasteiger partial charge in [0, 0.05) is 12.4 Å². The molecule has 1 aromatic heterocycles. The summed E-state index contributed by atoms with van der Waals surface area (Å²) >= 11 is 3.18. The van der Waals surface area contributed by atoms with E-state index in [0.29, 0.717) is 0 Å². The Hall–Kier alpha value is -1.21. The number of aromatic nitrogens is 2. The summed E-state index contributed by atoms with van der Waals surface area (Å²) in [4.78, 5) is 18.6.